The zero-order valence-electron chi connectivity index (χ0n) is 17.1. The van der Waals surface area contributed by atoms with Gasteiger partial charge in [-0.15, -0.1) is 0 Å². The first-order chi connectivity index (χ1) is 14.2. The molecule has 2 amide bonds. The number of nitrogens with zero attached hydrogens (tertiary/aromatic N) is 1. The number of hydrogen-bond donors (Lipinski definition) is 2. The number of nitrogens with one attached hydrogen (secondary N) is 2. The normalized spacial score (nSPS) is 14.1. The van der Waals surface area contributed by atoms with Gasteiger partial charge in [0.05, 0.1) is 17.6 Å². The summed E-state index contributed by atoms with van der Waals surface area (Å²) in [4.78, 5) is 25.9. The molecule has 2 aromatic rings. The summed E-state index contributed by atoms with van der Waals surface area (Å²) >= 11 is 0. The van der Waals surface area contributed by atoms with Crippen molar-refractivity contribution < 1.29 is 22.7 Å². The van der Waals surface area contributed by atoms with E-state index in [0.717, 1.165) is 12.1 Å². The van der Waals surface area contributed by atoms with Crippen LogP contribution in [-0.2, 0) is 14.8 Å². The van der Waals surface area contributed by atoms with Crippen LogP contribution in [0.5, 0.6) is 5.75 Å². The molecule has 2 aromatic carbocycles. The van der Waals surface area contributed by atoms with Gasteiger partial charge in [0.15, 0.2) is 0 Å². The molecule has 2 N–H and O–H groups in total. The molecule has 0 bridgehead atoms. The van der Waals surface area contributed by atoms with Gasteiger partial charge in [-0.05, 0) is 62.7 Å². The van der Waals surface area contributed by atoms with Gasteiger partial charge in [0, 0.05) is 30.4 Å². The monoisotopic (exact) mass is 431 g/mol. The van der Waals surface area contributed by atoms with Gasteiger partial charge in [-0.25, -0.2) is 8.42 Å². The molecule has 0 spiro atoms. The van der Waals surface area contributed by atoms with E-state index in [1.165, 1.54) is 25.3 Å². The van der Waals surface area contributed by atoms with Gasteiger partial charge in [0.1, 0.15) is 5.75 Å². The van der Waals surface area contributed by atoms with Crippen molar-refractivity contribution >= 4 is 33.2 Å². The van der Waals surface area contributed by atoms with Crippen LogP contribution < -0.4 is 19.7 Å². The quantitative estimate of drug-likeness (QED) is 0.701. The molecule has 0 saturated carbocycles. The van der Waals surface area contributed by atoms with Gasteiger partial charge in [-0.1, -0.05) is 0 Å². The third-order valence-corrected chi connectivity index (χ3v) is 6.03. The minimum absolute atomic E-state index is 0.0593. The van der Waals surface area contributed by atoms with E-state index in [1.807, 2.05) is 13.8 Å². The number of carbonyl (C=O) groups is 2. The minimum Gasteiger partial charge on any atom is -0.496 e. The highest BCUT2D eigenvalue weighted by Gasteiger charge is 2.23. The van der Waals surface area contributed by atoms with Crippen LogP contribution in [-0.4, -0.2) is 39.9 Å². The van der Waals surface area contributed by atoms with Crippen molar-refractivity contribution in [2.45, 2.75) is 37.6 Å². The van der Waals surface area contributed by atoms with E-state index in [9.17, 15) is 18.0 Å². The van der Waals surface area contributed by atoms with Gasteiger partial charge >= 0.3 is 0 Å². The Hall–Kier alpha value is -3.07. The standard InChI is InChI=1S/C21H25N3O5S/c1-14(2)22-21(26)18-13-17(10-11-19(18)29-3)30(27,28)23-15-6-8-16(9-7-15)24-12-4-5-20(24)25/h6-11,13-14,23H,4-5,12H2,1-3H3,(H,22,26). The summed E-state index contributed by atoms with van der Waals surface area (Å²) in [5.74, 6) is -0.0703. The summed E-state index contributed by atoms with van der Waals surface area (Å²) in [6.45, 7) is 4.29. The number of benzene rings is 2. The lowest BCUT2D eigenvalue weighted by Gasteiger charge is -2.16. The van der Waals surface area contributed by atoms with E-state index < -0.39 is 15.9 Å². The highest BCUT2D eigenvalue weighted by molar-refractivity contribution is 7.92. The van der Waals surface area contributed by atoms with Crippen molar-refractivity contribution in [2.75, 3.05) is 23.3 Å². The molecule has 0 aromatic heterocycles. The third kappa shape index (κ3) is 4.73. The molecule has 1 saturated heterocycles. The van der Waals surface area contributed by atoms with Crippen LogP contribution in [0.15, 0.2) is 47.4 Å². The lowest BCUT2D eigenvalue weighted by molar-refractivity contribution is -0.117. The summed E-state index contributed by atoms with van der Waals surface area (Å²) in [7, 11) is -2.51. The molecule has 1 fully saturated rings. The number of anilines is 2. The van der Waals surface area contributed by atoms with Crippen LogP contribution in [0.4, 0.5) is 11.4 Å². The predicted molar refractivity (Wildman–Crippen MR) is 114 cm³/mol. The second kappa shape index (κ2) is 8.74. The van der Waals surface area contributed by atoms with Crippen LogP contribution in [0.3, 0.4) is 0 Å². The summed E-state index contributed by atoms with van der Waals surface area (Å²) in [6, 6.07) is 10.6. The molecule has 1 heterocycles. The first-order valence-electron chi connectivity index (χ1n) is 9.63. The fraction of sp³-hybridized carbons (Fsp3) is 0.333. The zero-order valence-corrected chi connectivity index (χ0v) is 18.0. The van der Waals surface area contributed by atoms with Gasteiger partial charge in [0.25, 0.3) is 15.9 Å². The zero-order chi connectivity index (χ0) is 21.9. The Bertz CT molecular complexity index is 1050. The molecule has 8 nitrogen and oxygen atoms in total. The summed E-state index contributed by atoms with van der Waals surface area (Å²) in [5.41, 5.74) is 1.23. The molecule has 0 radical (unpaired) electrons. The summed E-state index contributed by atoms with van der Waals surface area (Å²) < 4.78 is 33.4. The maximum atomic E-state index is 12.8. The Morgan fingerprint density at radius 3 is 2.40 bits per heavy atom. The molecule has 3 rings (SSSR count). The fourth-order valence-corrected chi connectivity index (χ4v) is 4.30. The van der Waals surface area contributed by atoms with E-state index in [1.54, 1.807) is 29.2 Å². The van der Waals surface area contributed by atoms with E-state index in [4.69, 9.17) is 4.74 Å². The molecule has 1 aliphatic heterocycles. The Balaban J connectivity index is 1.83. The second-order valence-corrected chi connectivity index (χ2v) is 8.97. The van der Waals surface area contributed by atoms with E-state index >= 15 is 0 Å². The van der Waals surface area contributed by atoms with Crippen LogP contribution >= 0.6 is 0 Å². The number of ether oxygens (including phenoxy) is 1. The maximum absolute atomic E-state index is 12.8. The smallest absolute Gasteiger partial charge is 0.261 e. The number of methoxy groups -OCH3 is 1. The number of amides is 2. The SMILES string of the molecule is COc1ccc(S(=O)(=O)Nc2ccc(N3CCCC3=O)cc2)cc1C(=O)NC(C)C. The number of hydrogen-bond acceptors (Lipinski definition) is 5. The molecule has 0 unspecified atom stereocenters. The molecular weight excluding hydrogens is 406 g/mol. The first kappa shape index (κ1) is 21.6. The Morgan fingerprint density at radius 2 is 1.83 bits per heavy atom. The number of carbonyl (C=O) groups excluding carboxylic acids is 2. The van der Waals surface area contributed by atoms with E-state index in [-0.39, 0.29) is 28.2 Å². The summed E-state index contributed by atoms with van der Waals surface area (Å²) in [6.07, 6.45) is 1.34. The maximum Gasteiger partial charge on any atom is 0.261 e. The predicted octanol–water partition coefficient (Wildman–Crippen LogP) is 2.76. The minimum atomic E-state index is -3.93. The lowest BCUT2D eigenvalue weighted by atomic mass is 10.2. The molecule has 0 aliphatic carbocycles. The van der Waals surface area contributed by atoms with E-state index in [2.05, 4.69) is 10.0 Å². The van der Waals surface area contributed by atoms with Crippen molar-refractivity contribution in [2.24, 2.45) is 0 Å². The van der Waals surface area contributed by atoms with Gasteiger partial charge in [0.2, 0.25) is 5.91 Å². The van der Waals surface area contributed by atoms with Crippen LogP contribution in [0.25, 0.3) is 0 Å². The van der Waals surface area contributed by atoms with Crippen molar-refractivity contribution in [3.8, 4) is 5.75 Å². The highest BCUT2D eigenvalue weighted by atomic mass is 32.2. The van der Waals surface area contributed by atoms with Gasteiger partial charge < -0.3 is 15.0 Å². The molecule has 0 atom stereocenters. The Labute approximate surface area is 176 Å². The first-order valence-corrected chi connectivity index (χ1v) is 11.1. The third-order valence-electron chi connectivity index (χ3n) is 4.65. The summed E-state index contributed by atoms with van der Waals surface area (Å²) in [5, 5.41) is 2.73. The largest absolute Gasteiger partial charge is 0.496 e. The van der Waals surface area contributed by atoms with Crippen LogP contribution in [0.2, 0.25) is 0 Å². The Morgan fingerprint density at radius 1 is 1.13 bits per heavy atom. The Kier molecular flexibility index (Phi) is 6.31. The second-order valence-electron chi connectivity index (χ2n) is 7.29. The molecule has 9 heteroatoms. The van der Waals surface area contributed by atoms with Gasteiger partial charge in [-0.3, -0.25) is 14.3 Å². The van der Waals surface area contributed by atoms with E-state index in [0.29, 0.717) is 18.7 Å². The average Bonchev–Trinajstić information content (AvgIpc) is 3.13. The van der Waals surface area contributed by atoms with Crippen molar-refractivity contribution in [3.05, 3.63) is 48.0 Å². The van der Waals surface area contributed by atoms with Crippen molar-refractivity contribution in [1.82, 2.24) is 5.32 Å². The van der Waals surface area contributed by atoms with Gasteiger partial charge in [-0.2, -0.15) is 0 Å². The fourth-order valence-electron chi connectivity index (χ4n) is 3.22. The van der Waals surface area contributed by atoms with Crippen molar-refractivity contribution in [3.63, 3.8) is 0 Å². The number of rotatable bonds is 7. The van der Waals surface area contributed by atoms with Crippen LogP contribution in [0, 0.1) is 0 Å². The molecule has 1 aliphatic rings. The number of sulfonamides is 1. The van der Waals surface area contributed by atoms with Crippen LogP contribution in [0.1, 0.15) is 37.0 Å². The molecule has 160 valence electrons. The van der Waals surface area contributed by atoms with Crippen molar-refractivity contribution in [1.29, 1.82) is 0 Å². The highest BCUT2D eigenvalue weighted by Crippen LogP contribution is 2.26. The average molecular weight is 432 g/mol. The molecule has 30 heavy (non-hydrogen) atoms. The molecular formula is C21H25N3O5S. The lowest BCUT2D eigenvalue weighted by Crippen LogP contribution is -2.30. The topological polar surface area (TPSA) is 105 Å².